The van der Waals surface area contributed by atoms with Crippen LogP contribution in [0.1, 0.15) is 31.2 Å². The highest BCUT2D eigenvalue weighted by molar-refractivity contribution is 8.00. The Bertz CT molecular complexity index is 585. The number of benzene rings is 1. The number of thioether (sulfide) groups is 1. The van der Waals surface area contributed by atoms with Gasteiger partial charge in [0.05, 0.1) is 12.2 Å². The summed E-state index contributed by atoms with van der Waals surface area (Å²) in [6.07, 6.45) is 0.253. The summed E-state index contributed by atoms with van der Waals surface area (Å²) >= 11 is 1.67. The van der Waals surface area contributed by atoms with Crippen molar-refractivity contribution in [1.29, 1.82) is 0 Å². The van der Waals surface area contributed by atoms with Crippen LogP contribution in [0.2, 0.25) is 0 Å². The van der Waals surface area contributed by atoms with Crippen LogP contribution in [-0.2, 0) is 16.0 Å². The summed E-state index contributed by atoms with van der Waals surface area (Å²) in [5.74, 6) is -0.360. The Balaban J connectivity index is 1.73. The van der Waals surface area contributed by atoms with Gasteiger partial charge in [-0.1, -0.05) is 25.0 Å². The van der Waals surface area contributed by atoms with Crippen LogP contribution in [0, 0.1) is 0 Å². The van der Waals surface area contributed by atoms with E-state index in [1.807, 2.05) is 5.32 Å². The standard InChI is InChI=1S/C17H21F3N2O2S/c18-17(19,20)11-21-15(23)9-12-5-7-13(8-6-12)22-16(24)10-25-14-3-1-2-4-14/h5-8,14H,1-4,9-11H2,(H,21,23)(H,22,24). The molecule has 0 bridgehead atoms. The first-order valence-electron chi connectivity index (χ1n) is 8.16. The summed E-state index contributed by atoms with van der Waals surface area (Å²) in [5.41, 5.74) is 1.19. The lowest BCUT2D eigenvalue weighted by Crippen LogP contribution is -2.34. The van der Waals surface area contributed by atoms with Crippen molar-refractivity contribution in [2.45, 2.75) is 43.5 Å². The average molecular weight is 374 g/mol. The highest BCUT2D eigenvalue weighted by Gasteiger charge is 2.27. The van der Waals surface area contributed by atoms with Crippen LogP contribution in [0.4, 0.5) is 18.9 Å². The van der Waals surface area contributed by atoms with Gasteiger partial charge in [-0.25, -0.2) is 0 Å². The monoisotopic (exact) mass is 374 g/mol. The minimum absolute atomic E-state index is 0.0763. The lowest BCUT2D eigenvalue weighted by Gasteiger charge is -2.10. The van der Waals surface area contributed by atoms with Crippen LogP contribution in [0.15, 0.2) is 24.3 Å². The molecule has 0 atom stereocenters. The van der Waals surface area contributed by atoms with Crippen molar-refractivity contribution >= 4 is 29.3 Å². The number of carbonyl (C=O) groups excluding carboxylic acids is 2. The molecule has 138 valence electrons. The van der Waals surface area contributed by atoms with E-state index in [1.165, 1.54) is 25.7 Å². The third kappa shape index (κ3) is 7.81. The molecular formula is C17H21F3N2O2S. The van der Waals surface area contributed by atoms with E-state index in [4.69, 9.17) is 0 Å². The molecule has 0 saturated heterocycles. The number of amides is 2. The summed E-state index contributed by atoms with van der Waals surface area (Å²) in [6, 6.07) is 6.52. The molecule has 4 nitrogen and oxygen atoms in total. The molecule has 8 heteroatoms. The van der Waals surface area contributed by atoms with Gasteiger partial charge >= 0.3 is 6.18 Å². The molecule has 0 spiro atoms. The fourth-order valence-electron chi connectivity index (χ4n) is 2.60. The van der Waals surface area contributed by atoms with Crippen molar-refractivity contribution < 1.29 is 22.8 Å². The topological polar surface area (TPSA) is 58.2 Å². The molecule has 1 aromatic carbocycles. The molecule has 2 N–H and O–H groups in total. The van der Waals surface area contributed by atoms with Crippen LogP contribution >= 0.6 is 11.8 Å². The second-order valence-electron chi connectivity index (χ2n) is 6.03. The van der Waals surface area contributed by atoms with E-state index in [9.17, 15) is 22.8 Å². The van der Waals surface area contributed by atoms with E-state index in [1.54, 1.807) is 36.0 Å². The predicted octanol–water partition coefficient (Wildman–Crippen LogP) is 3.52. The first-order chi connectivity index (χ1) is 11.8. The molecule has 2 amide bonds. The van der Waals surface area contributed by atoms with E-state index in [0.29, 0.717) is 22.3 Å². The van der Waals surface area contributed by atoms with Gasteiger partial charge in [0.15, 0.2) is 0 Å². The summed E-state index contributed by atoms with van der Waals surface area (Å²) in [7, 11) is 0. The maximum atomic E-state index is 12.0. The molecule has 1 aliphatic rings. The first kappa shape index (κ1) is 19.6. The van der Waals surface area contributed by atoms with Crippen molar-refractivity contribution in [3.05, 3.63) is 29.8 Å². The number of hydrogen-bond donors (Lipinski definition) is 2. The minimum Gasteiger partial charge on any atom is -0.347 e. The zero-order valence-electron chi connectivity index (χ0n) is 13.7. The molecular weight excluding hydrogens is 353 g/mol. The Morgan fingerprint density at radius 3 is 2.32 bits per heavy atom. The third-order valence-corrected chi connectivity index (χ3v) is 5.21. The lowest BCUT2D eigenvalue weighted by atomic mass is 10.1. The largest absolute Gasteiger partial charge is 0.405 e. The van der Waals surface area contributed by atoms with Crippen LogP contribution in [-0.4, -0.2) is 35.5 Å². The molecule has 0 aliphatic heterocycles. The van der Waals surface area contributed by atoms with Crippen molar-refractivity contribution in [2.75, 3.05) is 17.6 Å². The number of hydrogen-bond acceptors (Lipinski definition) is 3. The van der Waals surface area contributed by atoms with Crippen molar-refractivity contribution in [3.8, 4) is 0 Å². The fraction of sp³-hybridized carbons (Fsp3) is 0.529. The maximum absolute atomic E-state index is 12.0. The second kappa shape index (κ2) is 9.12. The van der Waals surface area contributed by atoms with Gasteiger partial charge in [-0.2, -0.15) is 13.2 Å². The predicted molar refractivity (Wildman–Crippen MR) is 92.6 cm³/mol. The number of nitrogens with one attached hydrogen (secondary N) is 2. The number of alkyl halides is 3. The van der Waals surface area contributed by atoms with Gasteiger partial charge in [-0.05, 0) is 30.5 Å². The molecule has 0 radical (unpaired) electrons. The normalized spacial score (nSPS) is 15.2. The van der Waals surface area contributed by atoms with Crippen molar-refractivity contribution in [1.82, 2.24) is 5.32 Å². The van der Waals surface area contributed by atoms with Crippen LogP contribution in [0.25, 0.3) is 0 Å². The van der Waals surface area contributed by atoms with Gasteiger partial charge < -0.3 is 10.6 Å². The molecule has 0 heterocycles. The van der Waals surface area contributed by atoms with E-state index in [0.717, 1.165) is 0 Å². The smallest absolute Gasteiger partial charge is 0.347 e. The average Bonchev–Trinajstić information content (AvgIpc) is 3.06. The summed E-state index contributed by atoms with van der Waals surface area (Å²) < 4.78 is 36.1. The highest BCUT2D eigenvalue weighted by atomic mass is 32.2. The van der Waals surface area contributed by atoms with Gasteiger partial charge in [0.1, 0.15) is 6.54 Å². The number of carbonyl (C=O) groups is 2. The summed E-state index contributed by atoms with van der Waals surface area (Å²) in [6.45, 7) is -1.33. The van der Waals surface area contributed by atoms with Crippen LogP contribution in [0.5, 0.6) is 0 Å². The molecule has 0 aromatic heterocycles. The SMILES string of the molecule is O=C(Cc1ccc(NC(=O)CSC2CCCC2)cc1)NCC(F)(F)F. The zero-order valence-corrected chi connectivity index (χ0v) is 14.5. The molecule has 0 unspecified atom stereocenters. The van der Waals surface area contributed by atoms with E-state index < -0.39 is 18.6 Å². The van der Waals surface area contributed by atoms with Gasteiger partial charge in [0.2, 0.25) is 11.8 Å². The highest BCUT2D eigenvalue weighted by Crippen LogP contribution is 2.29. The lowest BCUT2D eigenvalue weighted by molar-refractivity contribution is -0.138. The van der Waals surface area contributed by atoms with Crippen LogP contribution < -0.4 is 10.6 Å². The molecule has 25 heavy (non-hydrogen) atoms. The molecule has 1 aliphatic carbocycles. The van der Waals surface area contributed by atoms with Gasteiger partial charge in [-0.3, -0.25) is 9.59 Å². The Labute approximate surface area is 148 Å². The fourth-order valence-corrected chi connectivity index (χ4v) is 3.72. The first-order valence-corrected chi connectivity index (χ1v) is 9.20. The van der Waals surface area contributed by atoms with Gasteiger partial charge in [-0.15, -0.1) is 11.8 Å². The van der Waals surface area contributed by atoms with E-state index in [-0.39, 0.29) is 12.3 Å². The van der Waals surface area contributed by atoms with E-state index in [2.05, 4.69) is 5.32 Å². The third-order valence-electron chi connectivity index (χ3n) is 3.84. The maximum Gasteiger partial charge on any atom is 0.405 e. The second-order valence-corrected chi connectivity index (χ2v) is 7.32. The molecule has 1 aromatic rings. The van der Waals surface area contributed by atoms with Gasteiger partial charge in [0, 0.05) is 10.9 Å². The molecule has 1 fully saturated rings. The van der Waals surface area contributed by atoms with Gasteiger partial charge in [0.25, 0.3) is 0 Å². The summed E-state index contributed by atoms with van der Waals surface area (Å²) in [4.78, 5) is 23.4. The Morgan fingerprint density at radius 2 is 1.72 bits per heavy atom. The Kier molecular flexibility index (Phi) is 7.16. The van der Waals surface area contributed by atoms with Crippen molar-refractivity contribution in [2.24, 2.45) is 0 Å². The number of rotatable bonds is 7. The Hall–Kier alpha value is -1.70. The number of halogens is 3. The zero-order chi connectivity index (χ0) is 18.3. The molecule has 1 saturated carbocycles. The quantitative estimate of drug-likeness (QED) is 0.768. The number of anilines is 1. The summed E-state index contributed by atoms with van der Waals surface area (Å²) in [5, 5.41) is 5.18. The Morgan fingerprint density at radius 1 is 1.08 bits per heavy atom. The van der Waals surface area contributed by atoms with Crippen molar-refractivity contribution in [3.63, 3.8) is 0 Å². The van der Waals surface area contributed by atoms with E-state index >= 15 is 0 Å². The minimum atomic E-state index is -4.42. The van der Waals surface area contributed by atoms with Crippen LogP contribution in [0.3, 0.4) is 0 Å². The molecule has 2 rings (SSSR count).